The third-order valence-electron chi connectivity index (χ3n) is 2.47. The number of fused-ring (bicyclic) bond motifs is 1. The minimum absolute atomic E-state index is 0. The predicted molar refractivity (Wildman–Crippen MR) is 73.7 cm³/mol. The van der Waals surface area contributed by atoms with Gasteiger partial charge in [0.25, 0.3) is 0 Å². The van der Waals surface area contributed by atoms with Gasteiger partial charge in [-0.25, -0.2) is 8.42 Å². The molecule has 0 saturated heterocycles. The molecule has 0 amide bonds. The van der Waals surface area contributed by atoms with Crippen LogP contribution in [0.2, 0.25) is 0 Å². The Bertz CT molecular complexity index is 628. The number of hydrogen-bond donors (Lipinski definition) is 0. The molecule has 0 radical (unpaired) electrons. The van der Waals surface area contributed by atoms with Crippen molar-refractivity contribution in [2.75, 3.05) is 6.26 Å². The molecule has 0 aliphatic heterocycles. The SMILES string of the molecule is CCc1ccc2ccc(C)cc2c1.CS(=O)(=O)[O-].[Na+]. The summed E-state index contributed by atoms with van der Waals surface area (Å²) in [6.07, 6.45) is 1.72. The van der Waals surface area contributed by atoms with Gasteiger partial charge in [-0.1, -0.05) is 48.9 Å². The largest absolute Gasteiger partial charge is 1.00 e. The van der Waals surface area contributed by atoms with Gasteiger partial charge in [-0.05, 0) is 29.7 Å². The normalized spacial score (nSPS) is 10.3. The first-order chi connectivity index (χ1) is 8.29. The molecule has 2 aromatic rings. The topological polar surface area (TPSA) is 57.2 Å². The van der Waals surface area contributed by atoms with Crippen LogP contribution in [0.5, 0.6) is 0 Å². The van der Waals surface area contributed by atoms with Gasteiger partial charge >= 0.3 is 29.6 Å². The maximum atomic E-state index is 9.08. The molecular formula is C14H17NaO3S. The van der Waals surface area contributed by atoms with Gasteiger partial charge < -0.3 is 4.55 Å². The van der Waals surface area contributed by atoms with E-state index in [0.29, 0.717) is 6.26 Å². The van der Waals surface area contributed by atoms with E-state index in [1.54, 1.807) is 0 Å². The Hall–Kier alpha value is -0.390. The number of benzene rings is 2. The van der Waals surface area contributed by atoms with E-state index in [1.165, 1.54) is 21.9 Å². The van der Waals surface area contributed by atoms with Crippen molar-refractivity contribution in [3.8, 4) is 0 Å². The quantitative estimate of drug-likeness (QED) is 0.543. The van der Waals surface area contributed by atoms with Crippen LogP contribution in [-0.4, -0.2) is 19.2 Å². The number of hydrogen-bond acceptors (Lipinski definition) is 3. The summed E-state index contributed by atoms with van der Waals surface area (Å²) in [7, 11) is -3.92. The molecule has 0 fully saturated rings. The standard InChI is InChI=1S/C13H14.CH4O3S.Na/c1-3-11-5-7-12-6-4-10(2)8-13(12)9-11;1-5(2,3)4;/h4-9H,3H2,1-2H3;1H3,(H,2,3,4);/q;;+1/p-1. The zero-order valence-electron chi connectivity index (χ0n) is 11.8. The first-order valence-corrected chi connectivity index (χ1v) is 7.51. The summed E-state index contributed by atoms with van der Waals surface area (Å²) < 4.78 is 27.2. The fourth-order valence-electron chi connectivity index (χ4n) is 1.64. The molecule has 0 unspecified atom stereocenters. The Balaban J connectivity index is 0.000000471. The van der Waals surface area contributed by atoms with Crippen LogP contribution in [0, 0.1) is 6.92 Å². The van der Waals surface area contributed by atoms with Gasteiger partial charge in [-0.15, -0.1) is 0 Å². The zero-order chi connectivity index (χ0) is 13.8. The molecule has 0 saturated carbocycles. The molecular weight excluding hydrogens is 271 g/mol. The molecule has 5 heteroatoms. The van der Waals surface area contributed by atoms with Crippen molar-refractivity contribution in [2.24, 2.45) is 0 Å². The van der Waals surface area contributed by atoms with Gasteiger partial charge in [0.15, 0.2) is 0 Å². The molecule has 0 aromatic heterocycles. The van der Waals surface area contributed by atoms with Crippen LogP contribution in [0.1, 0.15) is 18.1 Å². The maximum absolute atomic E-state index is 9.08. The smallest absolute Gasteiger partial charge is 0.748 e. The van der Waals surface area contributed by atoms with Crippen LogP contribution in [0.4, 0.5) is 0 Å². The minimum atomic E-state index is -3.92. The Morgan fingerprint density at radius 1 is 1.05 bits per heavy atom. The summed E-state index contributed by atoms with van der Waals surface area (Å²) in [6, 6.07) is 13.3. The first-order valence-electron chi connectivity index (χ1n) is 5.69. The molecule has 19 heavy (non-hydrogen) atoms. The Kier molecular flexibility index (Phi) is 7.86. The van der Waals surface area contributed by atoms with E-state index in [-0.39, 0.29) is 29.6 Å². The fourth-order valence-corrected chi connectivity index (χ4v) is 1.64. The van der Waals surface area contributed by atoms with Gasteiger partial charge in [0, 0.05) is 6.26 Å². The minimum Gasteiger partial charge on any atom is -0.748 e. The molecule has 0 aliphatic carbocycles. The Labute approximate surface area is 137 Å². The van der Waals surface area contributed by atoms with Crippen LogP contribution in [0.25, 0.3) is 10.8 Å². The summed E-state index contributed by atoms with van der Waals surface area (Å²) in [5, 5.41) is 2.70. The molecule has 0 heterocycles. The van der Waals surface area contributed by atoms with E-state index < -0.39 is 10.1 Å². The van der Waals surface area contributed by atoms with Crippen molar-refractivity contribution < 1.29 is 42.5 Å². The van der Waals surface area contributed by atoms with E-state index in [2.05, 4.69) is 50.2 Å². The first kappa shape index (κ1) is 18.6. The number of rotatable bonds is 1. The second kappa shape index (κ2) is 8.02. The van der Waals surface area contributed by atoms with Crippen molar-refractivity contribution >= 4 is 20.9 Å². The van der Waals surface area contributed by atoms with Gasteiger partial charge in [-0.3, -0.25) is 0 Å². The Morgan fingerprint density at radius 3 is 2.11 bits per heavy atom. The van der Waals surface area contributed by atoms with E-state index in [9.17, 15) is 0 Å². The van der Waals surface area contributed by atoms with Crippen molar-refractivity contribution in [3.05, 3.63) is 47.5 Å². The summed E-state index contributed by atoms with van der Waals surface area (Å²) in [5.74, 6) is 0. The van der Waals surface area contributed by atoms with Gasteiger partial charge in [0.2, 0.25) is 0 Å². The van der Waals surface area contributed by atoms with Crippen molar-refractivity contribution in [3.63, 3.8) is 0 Å². The summed E-state index contributed by atoms with van der Waals surface area (Å²) in [4.78, 5) is 0. The molecule has 0 spiro atoms. The fraction of sp³-hybridized carbons (Fsp3) is 0.286. The second-order valence-corrected chi connectivity index (χ2v) is 5.65. The van der Waals surface area contributed by atoms with Crippen molar-refractivity contribution in [2.45, 2.75) is 20.3 Å². The maximum Gasteiger partial charge on any atom is 1.00 e. The van der Waals surface area contributed by atoms with E-state index in [4.69, 9.17) is 13.0 Å². The predicted octanol–water partition coefficient (Wildman–Crippen LogP) is -0.124. The van der Waals surface area contributed by atoms with Gasteiger partial charge in [-0.2, -0.15) is 0 Å². The van der Waals surface area contributed by atoms with Crippen LogP contribution < -0.4 is 29.6 Å². The van der Waals surface area contributed by atoms with Gasteiger partial charge in [0.05, 0.1) is 10.1 Å². The average molecular weight is 288 g/mol. The average Bonchev–Trinajstić information content (AvgIpc) is 2.25. The molecule has 0 atom stereocenters. The Morgan fingerprint density at radius 2 is 1.58 bits per heavy atom. The van der Waals surface area contributed by atoms with Crippen LogP contribution in [0.3, 0.4) is 0 Å². The third kappa shape index (κ3) is 7.70. The van der Waals surface area contributed by atoms with Crippen LogP contribution in [-0.2, 0) is 16.5 Å². The molecule has 2 aromatic carbocycles. The summed E-state index contributed by atoms with van der Waals surface area (Å²) in [6.45, 7) is 4.33. The second-order valence-electron chi connectivity index (χ2n) is 4.24. The van der Waals surface area contributed by atoms with Crippen molar-refractivity contribution in [1.29, 1.82) is 0 Å². The summed E-state index contributed by atoms with van der Waals surface area (Å²) in [5.41, 5.74) is 2.75. The zero-order valence-corrected chi connectivity index (χ0v) is 14.6. The molecule has 2 rings (SSSR count). The summed E-state index contributed by atoms with van der Waals surface area (Å²) >= 11 is 0. The van der Waals surface area contributed by atoms with E-state index in [1.807, 2.05) is 0 Å². The number of aryl methyl sites for hydroxylation is 2. The van der Waals surface area contributed by atoms with Gasteiger partial charge in [0.1, 0.15) is 0 Å². The molecule has 3 nitrogen and oxygen atoms in total. The molecule has 0 aliphatic rings. The third-order valence-corrected chi connectivity index (χ3v) is 2.47. The van der Waals surface area contributed by atoms with E-state index in [0.717, 1.165) is 6.42 Å². The monoisotopic (exact) mass is 288 g/mol. The van der Waals surface area contributed by atoms with Crippen LogP contribution >= 0.6 is 0 Å². The molecule has 0 N–H and O–H groups in total. The molecule has 0 bridgehead atoms. The van der Waals surface area contributed by atoms with Crippen LogP contribution in [0.15, 0.2) is 36.4 Å². The molecule has 98 valence electrons. The van der Waals surface area contributed by atoms with Crippen molar-refractivity contribution in [1.82, 2.24) is 0 Å². The van der Waals surface area contributed by atoms with E-state index >= 15 is 0 Å².